The number of benzene rings is 1. The molecule has 1 aromatic carbocycles. The molecule has 0 saturated carbocycles. The van der Waals surface area contributed by atoms with Crippen molar-refractivity contribution >= 4 is 17.7 Å². The van der Waals surface area contributed by atoms with Gasteiger partial charge in [-0.1, -0.05) is 44.2 Å². The summed E-state index contributed by atoms with van der Waals surface area (Å²) < 4.78 is 0. The Morgan fingerprint density at radius 1 is 1.33 bits per heavy atom. The van der Waals surface area contributed by atoms with E-state index >= 15 is 0 Å². The summed E-state index contributed by atoms with van der Waals surface area (Å²) in [6, 6.07) is 10.7. The van der Waals surface area contributed by atoms with E-state index in [1.54, 1.807) is 0 Å². The number of carbonyl (C=O) groups is 1. The van der Waals surface area contributed by atoms with Gasteiger partial charge in [0, 0.05) is 23.5 Å². The molecule has 1 aromatic rings. The molecular formula is C17H24N2OS. The SMILES string of the molecule is CC1SCCN(C(=O)C(C)C2CNC2)C1c1ccccc1. The molecule has 0 radical (unpaired) electrons. The van der Waals surface area contributed by atoms with Gasteiger partial charge in [-0.15, -0.1) is 0 Å². The second-order valence-electron chi connectivity index (χ2n) is 6.17. The Balaban J connectivity index is 1.82. The van der Waals surface area contributed by atoms with Crippen LogP contribution < -0.4 is 5.32 Å². The van der Waals surface area contributed by atoms with Crippen molar-refractivity contribution in [3.8, 4) is 0 Å². The second-order valence-corrected chi connectivity index (χ2v) is 7.66. The Morgan fingerprint density at radius 3 is 2.67 bits per heavy atom. The summed E-state index contributed by atoms with van der Waals surface area (Å²) in [7, 11) is 0. The molecule has 21 heavy (non-hydrogen) atoms. The van der Waals surface area contributed by atoms with E-state index in [4.69, 9.17) is 0 Å². The molecule has 2 saturated heterocycles. The third-order valence-electron chi connectivity index (χ3n) is 4.83. The van der Waals surface area contributed by atoms with Gasteiger partial charge in [-0.05, 0) is 24.6 Å². The van der Waals surface area contributed by atoms with E-state index < -0.39 is 0 Å². The first kappa shape index (κ1) is 14.9. The third-order valence-corrected chi connectivity index (χ3v) is 6.03. The van der Waals surface area contributed by atoms with Gasteiger partial charge in [0.25, 0.3) is 0 Å². The second kappa shape index (κ2) is 6.41. The summed E-state index contributed by atoms with van der Waals surface area (Å²) in [5.74, 6) is 2.03. The van der Waals surface area contributed by atoms with Crippen LogP contribution in [0.25, 0.3) is 0 Å². The molecule has 1 N–H and O–H groups in total. The van der Waals surface area contributed by atoms with Gasteiger partial charge in [0.2, 0.25) is 5.91 Å². The highest BCUT2D eigenvalue weighted by atomic mass is 32.2. The van der Waals surface area contributed by atoms with Crippen LogP contribution in [-0.4, -0.2) is 41.4 Å². The quantitative estimate of drug-likeness (QED) is 0.931. The first-order chi connectivity index (χ1) is 10.2. The minimum atomic E-state index is 0.132. The zero-order chi connectivity index (χ0) is 14.8. The van der Waals surface area contributed by atoms with Crippen LogP contribution in [0.5, 0.6) is 0 Å². The highest BCUT2D eigenvalue weighted by molar-refractivity contribution is 8.00. The average Bonchev–Trinajstić information content (AvgIpc) is 2.45. The van der Waals surface area contributed by atoms with Gasteiger partial charge < -0.3 is 10.2 Å². The Bertz CT molecular complexity index is 489. The molecule has 3 rings (SSSR count). The Morgan fingerprint density at radius 2 is 2.05 bits per heavy atom. The zero-order valence-electron chi connectivity index (χ0n) is 12.8. The van der Waals surface area contributed by atoms with E-state index in [1.807, 2.05) is 17.8 Å². The van der Waals surface area contributed by atoms with Gasteiger partial charge in [0.05, 0.1) is 6.04 Å². The lowest BCUT2D eigenvalue weighted by Gasteiger charge is -2.43. The number of hydrogen-bond acceptors (Lipinski definition) is 3. The number of thioether (sulfide) groups is 1. The topological polar surface area (TPSA) is 32.3 Å². The molecule has 0 aromatic heterocycles. The maximum atomic E-state index is 13.0. The predicted octanol–water partition coefficient (Wildman–Crippen LogP) is 2.55. The highest BCUT2D eigenvalue weighted by Crippen LogP contribution is 2.37. The Kier molecular flexibility index (Phi) is 4.55. The van der Waals surface area contributed by atoms with E-state index in [2.05, 4.69) is 48.3 Å². The number of nitrogens with one attached hydrogen (secondary N) is 1. The molecule has 2 fully saturated rings. The van der Waals surface area contributed by atoms with E-state index in [0.29, 0.717) is 17.1 Å². The lowest BCUT2D eigenvalue weighted by molar-refractivity contribution is -0.139. The maximum Gasteiger partial charge on any atom is 0.226 e. The summed E-state index contributed by atoms with van der Waals surface area (Å²) in [4.78, 5) is 15.1. The monoisotopic (exact) mass is 304 g/mol. The molecule has 2 aliphatic heterocycles. The van der Waals surface area contributed by atoms with Crippen LogP contribution in [0.2, 0.25) is 0 Å². The molecule has 4 heteroatoms. The summed E-state index contributed by atoms with van der Waals surface area (Å²) in [6.07, 6.45) is 0. The summed E-state index contributed by atoms with van der Waals surface area (Å²) in [5.41, 5.74) is 1.27. The summed E-state index contributed by atoms with van der Waals surface area (Å²) >= 11 is 1.98. The summed E-state index contributed by atoms with van der Waals surface area (Å²) in [6.45, 7) is 7.19. The Hall–Kier alpha value is -1.00. The van der Waals surface area contributed by atoms with Crippen LogP contribution in [0, 0.1) is 11.8 Å². The average molecular weight is 304 g/mol. The van der Waals surface area contributed by atoms with Crippen molar-refractivity contribution in [3.05, 3.63) is 35.9 Å². The lowest BCUT2D eigenvalue weighted by atomic mass is 9.87. The van der Waals surface area contributed by atoms with E-state index in [1.165, 1.54) is 5.56 Å². The van der Waals surface area contributed by atoms with Gasteiger partial charge in [-0.2, -0.15) is 11.8 Å². The van der Waals surface area contributed by atoms with Gasteiger partial charge in [0.15, 0.2) is 0 Å². The smallest absolute Gasteiger partial charge is 0.226 e. The fourth-order valence-corrected chi connectivity index (χ4v) is 4.46. The summed E-state index contributed by atoms with van der Waals surface area (Å²) in [5, 5.41) is 3.73. The van der Waals surface area contributed by atoms with Crippen molar-refractivity contribution in [3.63, 3.8) is 0 Å². The van der Waals surface area contributed by atoms with Crippen molar-refractivity contribution in [2.75, 3.05) is 25.4 Å². The normalized spacial score (nSPS) is 28.0. The molecule has 3 atom stereocenters. The maximum absolute atomic E-state index is 13.0. The largest absolute Gasteiger partial charge is 0.333 e. The van der Waals surface area contributed by atoms with Crippen LogP contribution in [-0.2, 0) is 4.79 Å². The number of hydrogen-bond donors (Lipinski definition) is 1. The molecule has 3 nitrogen and oxygen atoms in total. The Labute approximate surface area is 131 Å². The van der Waals surface area contributed by atoms with Gasteiger partial charge in [-0.25, -0.2) is 0 Å². The fraction of sp³-hybridized carbons (Fsp3) is 0.588. The highest BCUT2D eigenvalue weighted by Gasteiger charge is 2.38. The van der Waals surface area contributed by atoms with E-state index in [0.717, 1.165) is 25.4 Å². The lowest BCUT2D eigenvalue weighted by Crippen LogP contribution is -2.53. The first-order valence-electron chi connectivity index (χ1n) is 7.86. The molecule has 3 unspecified atom stereocenters. The minimum absolute atomic E-state index is 0.132. The van der Waals surface area contributed by atoms with Crippen molar-refractivity contribution in [1.29, 1.82) is 0 Å². The molecule has 0 bridgehead atoms. The predicted molar refractivity (Wildman–Crippen MR) is 88.3 cm³/mol. The van der Waals surface area contributed by atoms with Crippen molar-refractivity contribution in [2.24, 2.45) is 11.8 Å². The van der Waals surface area contributed by atoms with Gasteiger partial charge in [-0.3, -0.25) is 4.79 Å². The van der Waals surface area contributed by atoms with Crippen LogP contribution in [0.4, 0.5) is 0 Å². The number of amides is 1. The van der Waals surface area contributed by atoms with Crippen LogP contribution in [0.1, 0.15) is 25.5 Å². The minimum Gasteiger partial charge on any atom is -0.333 e. The zero-order valence-corrected chi connectivity index (χ0v) is 13.6. The number of nitrogens with zero attached hydrogens (tertiary/aromatic N) is 1. The molecule has 1 amide bonds. The van der Waals surface area contributed by atoms with Gasteiger partial charge in [0.1, 0.15) is 0 Å². The molecule has 2 heterocycles. The first-order valence-corrected chi connectivity index (χ1v) is 8.91. The van der Waals surface area contributed by atoms with Crippen molar-refractivity contribution in [2.45, 2.75) is 25.1 Å². The third kappa shape index (κ3) is 2.97. The van der Waals surface area contributed by atoms with E-state index in [9.17, 15) is 4.79 Å². The van der Waals surface area contributed by atoms with Gasteiger partial charge >= 0.3 is 0 Å². The molecule has 0 spiro atoms. The van der Waals surface area contributed by atoms with E-state index in [-0.39, 0.29) is 12.0 Å². The molecular weight excluding hydrogens is 280 g/mol. The standard InChI is InChI=1S/C17H24N2OS/c1-12(15-10-18-11-15)17(20)19-8-9-21-13(2)16(19)14-6-4-3-5-7-14/h3-7,12-13,15-16,18H,8-11H2,1-2H3. The van der Waals surface area contributed by atoms with Crippen LogP contribution >= 0.6 is 11.8 Å². The van der Waals surface area contributed by atoms with Crippen LogP contribution in [0.15, 0.2) is 30.3 Å². The fourth-order valence-electron chi connectivity index (χ4n) is 3.30. The number of rotatable bonds is 3. The van der Waals surface area contributed by atoms with Crippen molar-refractivity contribution in [1.82, 2.24) is 10.2 Å². The molecule has 2 aliphatic rings. The number of carbonyl (C=O) groups excluding carboxylic acids is 1. The van der Waals surface area contributed by atoms with Crippen LogP contribution in [0.3, 0.4) is 0 Å². The molecule has 0 aliphatic carbocycles. The van der Waals surface area contributed by atoms with Crippen molar-refractivity contribution < 1.29 is 4.79 Å². The molecule has 114 valence electrons.